The van der Waals surface area contributed by atoms with Crippen LogP contribution in [0.4, 0.5) is 24.0 Å². The number of oxime groups is 1. The summed E-state index contributed by atoms with van der Waals surface area (Å²) in [5, 5.41) is 19.1. The number of anilines is 1. The topological polar surface area (TPSA) is 182 Å². The van der Waals surface area contributed by atoms with Crippen LogP contribution in [0.5, 0.6) is 0 Å². The summed E-state index contributed by atoms with van der Waals surface area (Å²) in [6, 6.07) is 4.00. The van der Waals surface area contributed by atoms with E-state index in [0.29, 0.717) is 12.0 Å². The minimum Gasteiger partial charge on any atom is -0.456 e. The molecule has 3 amide bonds. The Balaban J connectivity index is 1.45. The van der Waals surface area contributed by atoms with E-state index < -0.39 is 52.6 Å². The number of nitro groups is 1. The summed E-state index contributed by atoms with van der Waals surface area (Å²) in [6.45, 7) is -2.09. The molecule has 222 valence electrons. The quantitative estimate of drug-likeness (QED) is 0.0917. The highest BCUT2D eigenvalue weighted by Crippen LogP contribution is 2.41. The number of non-ortho nitro benzene ring substituents is 1. The first-order chi connectivity index (χ1) is 19.9. The van der Waals surface area contributed by atoms with Crippen LogP contribution in [-0.2, 0) is 35.4 Å². The van der Waals surface area contributed by atoms with E-state index in [1.165, 1.54) is 29.6 Å². The molecule has 1 aromatic carbocycles. The molecule has 1 aromatic heterocycles. The van der Waals surface area contributed by atoms with Crippen LogP contribution < -0.4 is 10.6 Å². The minimum absolute atomic E-state index is 0.00330. The number of ether oxygens (including phenoxy) is 1. The Morgan fingerprint density at radius 3 is 2.67 bits per heavy atom. The number of hydrogen-bond donors (Lipinski definition) is 2. The summed E-state index contributed by atoms with van der Waals surface area (Å²) >= 11 is 8.17. The molecule has 4 rings (SSSR count). The van der Waals surface area contributed by atoms with Gasteiger partial charge in [-0.1, -0.05) is 16.8 Å². The molecule has 0 radical (unpaired) electrons. The van der Waals surface area contributed by atoms with E-state index in [-0.39, 0.29) is 39.6 Å². The summed E-state index contributed by atoms with van der Waals surface area (Å²) in [4.78, 5) is 68.9. The number of thiazole rings is 1. The summed E-state index contributed by atoms with van der Waals surface area (Å²) in [5.41, 5.74) is -0.916. The van der Waals surface area contributed by atoms with E-state index in [9.17, 15) is 42.5 Å². The first-order valence-corrected chi connectivity index (χ1v) is 13.7. The van der Waals surface area contributed by atoms with Crippen LogP contribution in [0.3, 0.4) is 0 Å². The lowest BCUT2D eigenvalue weighted by Crippen LogP contribution is -2.71. The van der Waals surface area contributed by atoms with Crippen molar-refractivity contribution in [2.45, 2.75) is 24.2 Å². The minimum atomic E-state index is -4.75. The summed E-state index contributed by atoms with van der Waals surface area (Å²) in [6.07, 6.45) is -4.45. The first kappa shape index (κ1) is 30.7. The second-order valence-corrected chi connectivity index (χ2v) is 10.7. The van der Waals surface area contributed by atoms with Gasteiger partial charge in [0.05, 0.1) is 9.96 Å². The molecule has 2 N–H and O–H groups in total. The van der Waals surface area contributed by atoms with Crippen molar-refractivity contribution in [3.05, 3.63) is 61.7 Å². The van der Waals surface area contributed by atoms with Gasteiger partial charge in [0.2, 0.25) is 13.0 Å². The molecule has 2 aromatic rings. The molecular formula is C22H16ClF3N6O8S2. The third kappa shape index (κ3) is 6.97. The molecule has 1 fully saturated rings. The Bertz CT molecular complexity index is 1480. The van der Waals surface area contributed by atoms with Crippen LogP contribution in [0, 0.1) is 10.1 Å². The largest absolute Gasteiger partial charge is 0.456 e. The number of nitrogens with zero attached hydrogens (tertiary/aromatic N) is 4. The number of benzene rings is 1. The average Bonchev–Trinajstić information content (AvgIpc) is 3.40. The van der Waals surface area contributed by atoms with Crippen molar-refractivity contribution in [1.29, 1.82) is 0 Å². The van der Waals surface area contributed by atoms with Crippen molar-refractivity contribution in [2.75, 3.05) is 17.7 Å². The highest BCUT2D eigenvalue weighted by Gasteiger charge is 2.54. The second kappa shape index (κ2) is 12.7. The van der Waals surface area contributed by atoms with Crippen LogP contribution in [0.1, 0.15) is 11.3 Å². The maximum absolute atomic E-state index is 13.0. The summed E-state index contributed by atoms with van der Waals surface area (Å²) in [5.74, 6) is -2.77. The molecule has 0 spiro atoms. The van der Waals surface area contributed by atoms with Crippen molar-refractivity contribution >= 4 is 75.4 Å². The maximum atomic E-state index is 13.0. The molecule has 2 aliphatic rings. The van der Waals surface area contributed by atoms with Crippen LogP contribution in [0.2, 0.25) is 0 Å². The van der Waals surface area contributed by atoms with Gasteiger partial charge in [0.1, 0.15) is 29.4 Å². The predicted molar refractivity (Wildman–Crippen MR) is 141 cm³/mol. The van der Waals surface area contributed by atoms with Crippen LogP contribution in [0.25, 0.3) is 0 Å². The van der Waals surface area contributed by atoms with Gasteiger partial charge < -0.3 is 20.2 Å². The van der Waals surface area contributed by atoms with Crippen molar-refractivity contribution < 1.29 is 46.8 Å². The molecule has 0 saturated carbocycles. The normalized spacial score (nSPS) is 18.5. The number of esters is 1. The van der Waals surface area contributed by atoms with E-state index in [1.807, 2.05) is 0 Å². The molecule has 1 saturated heterocycles. The fourth-order valence-corrected chi connectivity index (χ4v) is 5.79. The number of amides is 3. The zero-order valence-electron chi connectivity index (χ0n) is 20.6. The highest BCUT2D eigenvalue weighted by atomic mass is 35.5. The number of carbonyl (C=O) groups is 4. The smallest absolute Gasteiger partial charge is 0.425 e. The number of nitrogens with one attached hydrogen (secondary N) is 2. The number of carbonyl (C=O) groups excluding carboxylic acids is 4. The maximum Gasteiger partial charge on any atom is 0.425 e. The van der Waals surface area contributed by atoms with Crippen LogP contribution in [-0.4, -0.2) is 74.7 Å². The van der Waals surface area contributed by atoms with Crippen molar-refractivity contribution in [1.82, 2.24) is 15.2 Å². The van der Waals surface area contributed by atoms with Crippen LogP contribution >= 0.6 is 34.7 Å². The molecule has 14 nitrogen and oxygen atoms in total. The number of rotatable bonds is 11. The zero-order valence-corrected chi connectivity index (χ0v) is 23.0. The Morgan fingerprint density at radius 1 is 1.31 bits per heavy atom. The predicted octanol–water partition coefficient (Wildman–Crippen LogP) is 2.50. The number of fused-ring (bicyclic) bond motifs is 1. The molecule has 2 atom stereocenters. The van der Waals surface area contributed by atoms with E-state index in [1.54, 1.807) is 0 Å². The van der Waals surface area contributed by atoms with Crippen molar-refractivity contribution in [3.8, 4) is 0 Å². The lowest BCUT2D eigenvalue weighted by molar-refractivity contribution is -0.384. The molecule has 1 unspecified atom stereocenters. The third-order valence-corrected chi connectivity index (χ3v) is 7.97. The number of β-lactam (4-membered cyclic amide) rings is 1. The molecule has 42 heavy (non-hydrogen) atoms. The average molecular weight is 649 g/mol. The van der Waals surface area contributed by atoms with E-state index in [4.69, 9.17) is 16.3 Å². The molecule has 20 heteroatoms. The van der Waals surface area contributed by atoms with Gasteiger partial charge in [-0.15, -0.1) is 23.1 Å². The standard InChI is InChI=1S/C22H16ClF3N6O8S2/c23-12-6-41-19-15(18(35)31(19)16(12)20(36)39-5-10-1-3-11(4-2-10)32(37)38)29-17(34)14(30-40-8-22(24,25)26)13-7-42-21(28-13)27-9-33/h1-4,7,9,15,19H,5-6,8H2,(H,29,34)(H,27,28,33)/t15?,19-/m1/s1. The third-order valence-electron chi connectivity index (χ3n) is 5.45. The molecule has 0 aliphatic carbocycles. The Hall–Kier alpha value is -4.23. The van der Waals surface area contributed by atoms with E-state index in [0.717, 1.165) is 28.0 Å². The Kier molecular flexibility index (Phi) is 9.32. The summed E-state index contributed by atoms with van der Waals surface area (Å²) < 4.78 is 42.9. The van der Waals surface area contributed by atoms with Gasteiger partial charge in [0.15, 0.2) is 10.8 Å². The molecule has 3 heterocycles. The van der Waals surface area contributed by atoms with Gasteiger partial charge in [-0.05, 0) is 17.7 Å². The van der Waals surface area contributed by atoms with Crippen molar-refractivity contribution in [2.24, 2.45) is 5.16 Å². The summed E-state index contributed by atoms with van der Waals surface area (Å²) in [7, 11) is 0. The van der Waals surface area contributed by atoms with Crippen molar-refractivity contribution in [3.63, 3.8) is 0 Å². The van der Waals surface area contributed by atoms with E-state index in [2.05, 4.69) is 25.6 Å². The van der Waals surface area contributed by atoms with Gasteiger partial charge in [-0.2, -0.15) is 13.2 Å². The van der Waals surface area contributed by atoms with Gasteiger partial charge in [0, 0.05) is 23.3 Å². The van der Waals surface area contributed by atoms with E-state index >= 15 is 0 Å². The second-order valence-electron chi connectivity index (χ2n) is 8.24. The van der Waals surface area contributed by atoms with Gasteiger partial charge in [-0.25, -0.2) is 9.78 Å². The SMILES string of the molecule is O=CNc1nc(C(=NOCC(F)(F)F)C(=O)NC2C(=O)N3C(C(=O)OCc4ccc([N+](=O)[O-])cc4)=C(Cl)CS[C@H]23)cs1. The molecule has 0 bridgehead atoms. The number of thioether (sulfide) groups is 1. The Labute approximate surface area is 246 Å². The molecular weight excluding hydrogens is 633 g/mol. The number of alkyl halides is 3. The molecule has 2 aliphatic heterocycles. The number of aromatic nitrogens is 1. The van der Waals surface area contributed by atoms with Gasteiger partial charge in [0.25, 0.3) is 17.5 Å². The lowest BCUT2D eigenvalue weighted by atomic mass is 10.0. The monoisotopic (exact) mass is 648 g/mol. The van der Waals surface area contributed by atoms with Crippen LogP contribution in [0.15, 0.2) is 45.5 Å². The first-order valence-electron chi connectivity index (χ1n) is 11.4. The van der Waals surface area contributed by atoms with Gasteiger partial charge >= 0.3 is 12.1 Å². The number of halogens is 4. The fraction of sp³-hybridized carbons (Fsp3) is 0.273. The fourth-order valence-electron chi connectivity index (χ4n) is 3.59. The number of hydrogen-bond acceptors (Lipinski definition) is 12. The number of nitro benzene ring substituents is 1. The Morgan fingerprint density at radius 2 is 2.02 bits per heavy atom. The zero-order chi connectivity index (χ0) is 30.6. The lowest BCUT2D eigenvalue weighted by Gasteiger charge is -2.49. The van der Waals surface area contributed by atoms with Gasteiger partial charge in [-0.3, -0.25) is 29.4 Å². The highest BCUT2D eigenvalue weighted by molar-refractivity contribution is 8.00.